The Morgan fingerprint density at radius 2 is 2.11 bits per heavy atom. The SMILES string of the molecule is CC1=C(C(=O)NCc2cnn(C)c2)C(c2ccc(C)cc2Cl)N=C(Nc2nc3cnccc3o2)N1. The number of nitrogens with zero attached hydrogens (tertiary/aromatic N) is 5. The summed E-state index contributed by atoms with van der Waals surface area (Å²) < 4.78 is 7.43. The molecule has 1 aliphatic rings. The van der Waals surface area contributed by atoms with Crippen molar-refractivity contribution in [2.45, 2.75) is 26.4 Å². The van der Waals surface area contributed by atoms with E-state index < -0.39 is 6.04 Å². The van der Waals surface area contributed by atoms with Crippen molar-refractivity contribution < 1.29 is 9.21 Å². The summed E-state index contributed by atoms with van der Waals surface area (Å²) in [7, 11) is 1.83. The molecule has 178 valence electrons. The molecule has 5 rings (SSSR count). The Kier molecular flexibility index (Phi) is 5.96. The minimum absolute atomic E-state index is 0.253. The number of nitrogens with one attached hydrogen (secondary N) is 3. The van der Waals surface area contributed by atoms with Gasteiger partial charge < -0.3 is 15.1 Å². The van der Waals surface area contributed by atoms with Crippen LogP contribution < -0.4 is 16.0 Å². The van der Waals surface area contributed by atoms with Gasteiger partial charge in [-0.3, -0.25) is 19.8 Å². The van der Waals surface area contributed by atoms with Crippen LogP contribution in [-0.2, 0) is 18.4 Å². The maximum atomic E-state index is 13.3. The molecule has 11 heteroatoms. The van der Waals surface area contributed by atoms with Gasteiger partial charge in [-0.15, -0.1) is 0 Å². The maximum Gasteiger partial charge on any atom is 0.302 e. The number of aliphatic imine (C=N–C) groups is 1. The van der Waals surface area contributed by atoms with Crippen LogP contribution in [0.1, 0.15) is 29.7 Å². The molecule has 1 unspecified atom stereocenters. The molecule has 0 fully saturated rings. The van der Waals surface area contributed by atoms with E-state index in [1.165, 1.54) is 0 Å². The molecule has 1 aliphatic heterocycles. The number of fused-ring (bicyclic) bond motifs is 1. The summed E-state index contributed by atoms with van der Waals surface area (Å²) in [6.07, 6.45) is 6.81. The van der Waals surface area contributed by atoms with E-state index in [1.54, 1.807) is 29.3 Å². The Bertz CT molecular complexity index is 1450. The molecule has 4 heterocycles. The number of aromatic nitrogens is 4. The topological polar surface area (TPSA) is 122 Å². The fraction of sp³-hybridized carbons (Fsp3) is 0.208. The third kappa shape index (κ3) is 4.73. The predicted molar refractivity (Wildman–Crippen MR) is 133 cm³/mol. The number of hydrogen-bond donors (Lipinski definition) is 3. The van der Waals surface area contributed by atoms with Crippen molar-refractivity contribution in [3.63, 3.8) is 0 Å². The van der Waals surface area contributed by atoms with Crippen LogP contribution in [0.4, 0.5) is 6.01 Å². The molecule has 3 aromatic heterocycles. The largest absolute Gasteiger partial charge is 0.423 e. The number of carbonyl (C=O) groups excluding carboxylic acids is 1. The number of aryl methyl sites for hydroxylation is 2. The van der Waals surface area contributed by atoms with Gasteiger partial charge in [-0.05, 0) is 25.5 Å². The lowest BCUT2D eigenvalue weighted by molar-refractivity contribution is -0.118. The number of allylic oxidation sites excluding steroid dienone is 1. The average Bonchev–Trinajstić information content (AvgIpc) is 3.42. The predicted octanol–water partition coefficient (Wildman–Crippen LogP) is 3.62. The summed E-state index contributed by atoms with van der Waals surface area (Å²) in [6, 6.07) is 7.03. The molecule has 4 aromatic rings. The van der Waals surface area contributed by atoms with Crippen LogP contribution in [0, 0.1) is 6.92 Å². The van der Waals surface area contributed by atoms with Gasteiger partial charge in [0.15, 0.2) is 5.58 Å². The number of pyridine rings is 1. The van der Waals surface area contributed by atoms with Crippen LogP contribution in [0.5, 0.6) is 0 Å². The van der Waals surface area contributed by atoms with Crippen molar-refractivity contribution in [2.75, 3.05) is 5.32 Å². The minimum Gasteiger partial charge on any atom is -0.423 e. The summed E-state index contributed by atoms with van der Waals surface area (Å²) in [5, 5.41) is 13.9. The average molecular weight is 491 g/mol. The van der Waals surface area contributed by atoms with Gasteiger partial charge in [-0.2, -0.15) is 10.1 Å². The monoisotopic (exact) mass is 490 g/mol. The summed E-state index contributed by atoms with van der Waals surface area (Å²) in [6.45, 7) is 4.11. The molecule has 0 bridgehead atoms. The van der Waals surface area contributed by atoms with Crippen LogP contribution >= 0.6 is 11.6 Å². The smallest absolute Gasteiger partial charge is 0.302 e. The lowest BCUT2D eigenvalue weighted by Gasteiger charge is -2.27. The molecular weight excluding hydrogens is 468 g/mol. The maximum absolute atomic E-state index is 13.3. The number of rotatable bonds is 5. The number of carbonyl (C=O) groups is 1. The van der Waals surface area contributed by atoms with E-state index in [4.69, 9.17) is 21.0 Å². The Morgan fingerprint density at radius 3 is 2.86 bits per heavy atom. The van der Waals surface area contributed by atoms with E-state index in [1.807, 2.05) is 45.3 Å². The second-order valence-electron chi connectivity index (χ2n) is 8.26. The Morgan fingerprint density at radius 1 is 1.26 bits per heavy atom. The van der Waals surface area contributed by atoms with Crippen molar-refractivity contribution in [3.05, 3.63) is 82.0 Å². The van der Waals surface area contributed by atoms with Crippen LogP contribution in [0.2, 0.25) is 5.02 Å². The van der Waals surface area contributed by atoms with Gasteiger partial charge in [0.25, 0.3) is 5.91 Å². The first-order valence-corrected chi connectivity index (χ1v) is 11.3. The van der Waals surface area contributed by atoms with E-state index >= 15 is 0 Å². The fourth-order valence-electron chi connectivity index (χ4n) is 3.89. The lowest BCUT2D eigenvalue weighted by Crippen LogP contribution is -2.39. The van der Waals surface area contributed by atoms with Gasteiger partial charge in [0.05, 0.1) is 18.0 Å². The first kappa shape index (κ1) is 22.6. The van der Waals surface area contributed by atoms with Crippen LogP contribution in [-0.4, -0.2) is 31.6 Å². The number of amides is 1. The number of anilines is 1. The Labute approximate surface area is 206 Å². The lowest BCUT2D eigenvalue weighted by atomic mass is 9.95. The van der Waals surface area contributed by atoms with Crippen molar-refractivity contribution >= 4 is 40.6 Å². The molecule has 3 N–H and O–H groups in total. The highest BCUT2D eigenvalue weighted by atomic mass is 35.5. The summed E-state index contributed by atoms with van der Waals surface area (Å²) in [5.74, 6) is 0.128. The van der Waals surface area contributed by atoms with E-state index in [9.17, 15) is 4.79 Å². The number of halogens is 1. The van der Waals surface area contributed by atoms with Crippen molar-refractivity contribution in [1.82, 2.24) is 30.4 Å². The second kappa shape index (κ2) is 9.22. The molecule has 35 heavy (non-hydrogen) atoms. The highest BCUT2D eigenvalue weighted by Crippen LogP contribution is 2.35. The molecule has 0 aliphatic carbocycles. The van der Waals surface area contributed by atoms with Gasteiger partial charge in [-0.1, -0.05) is 23.7 Å². The first-order valence-electron chi connectivity index (χ1n) is 10.9. The van der Waals surface area contributed by atoms with Crippen molar-refractivity contribution in [3.8, 4) is 0 Å². The molecule has 1 amide bonds. The third-order valence-electron chi connectivity index (χ3n) is 5.56. The molecule has 0 saturated heterocycles. The number of benzene rings is 1. The summed E-state index contributed by atoms with van der Waals surface area (Å²) in [4.78, 5) is 26.5. The molecule has 10 nitrogen and oxygen atoms in total. The summed E-state index contributed by atoms with van der Waals surface area (Å²) in [5.41, 5.74) is 4.93. The Balaban J connectivity index is 1.46. The fourth-order valence-corrected chi connectivity index (χ4v) is 4.23. The zero-order valence-electron chi connectivity index (χ0n) is 19.3. The number of oxazole rings is 1. The zero-order chi connectivity index (χ0) is 24.5. The van der Waals surface area contributed by atoms with Crippen LogP contribution in [0.15, 0.2) is 69.7 Å². The standard InChI is InChI=1S/C24H23ClN8O2/c1-13-4-5-16(17(25)8-13)21-20(22(34)27-9-15-10-28-33(3)12-15)14(2)29-23(31-21)32-24-30-18-11-26-7-6-19(18)35-24/h4-8,10-12,21H,9H2,1-3H3,(H,27,34)(H2,29,30,31,32). The van der Waals surface area contributed by atoms with Crippen LogP contribution in [0.3, 0.4) is 0 Å². The van der Waals surface area contributed by atoms with Gasteiger partial charge in [0, 0.05) is 53.9 Å². The molecule has 0 spiro atoms. The second-order valence-corrected chi connectivity index (χ2v) is 8.67. The van der Waals surface area contributed by atoms with Gasteiger partial charge in [0.2, 0.25) is 5.96 Å². The van der Waals surface area contributed by atoms with Gasteiger partial charge in [0.1, 0.15) is 11.6 Å². The van der Waals surface area contributed by atoms with Crippen molar-refractivity contribution in [1.29, 1.82) is 0 Å². The molecule has 1 atom stereocenters. The molecule has 1 aromatic carbocycles. The van der Waals surface area contributed by atoms with Crippen LogP contribution in [0.25, 0.3) is 11.1 Å². The third-order valence-corrected chi connectivity index (χ3v) is 5.89. The van der Waals surface area contributed by atoms with Gasteiger partial charge in [-0.25, -0.2) is 4.99 Å². The molecule has 0 radical (unpaired) electrons. The number of guanidine groups is 1. The van der Waals surface area contributed by atoms with Gasteiger partial charge >= 0.3 is 6.01 Å². The minimum atomic E-state index is -0.646. The van der Waals surface area contributed by atoms with E-state index in [-0.39, 0.29) is 11.9 Å². The van der Waals surface area contributed by atoms with E-state index in [2.05, 4.69) is 31.0 Å². The normalized spacial score (nSPS) is 15.7. The van der Waals surface area contributed by atoms with E-state index in [0.29, 0.717) is 45.5 Å². The van der Waals surface area contributed by atoms with Crippen molar-refractivity contribution in [2.24, 2.45) is 12.0 Å². The quantitative estimate of drug-likeness (QED) is 0.390. The zero-order valence-corrected chi connectivity index (χ0v) is 20.1. The Hall–Kier alpha value is -4.18. The highest BCUT2D eigenvalue weighted by molar-refractivity contribution is 6.31. The van der Waals surface area contributed by atoms with E-state index in [0.717, 1.165) is 11.1 Å². The highest BCUT2D eigenvalue weighted by Gasteiger charge is 2.31. The molecular formula is C24H23ClN8O2. The molecule has 0 saturated carbocycles. The summed E-state index contributed by atoms with van der Waals surface area (Å²) >= 11 is 6.60. The first-order chi connectivity index (χ1) is 16.9. The number of hydrogen-bond acceptors (Lipinski definition) is 8.